The highest BCUT2D eigenvalue weighted by Crippen LogP contribution is 2.32. The average Bonchev–Trinajstić information content (AvgIpc) is 2.07. The van der Waals surface area contributed by atoms with Gasteiger partial charge in [-0.3, -0.25) is 0 Å². The van der Waals surface area contributed by atoms with Crippen molar-refractivity contribution in [3.63, 3.8) is 0 Å². The molecule has 12 heavy (non-hydrogen) atoms. The molecular formula is C9H9FOS. The number of halogens is 1. The lowest BCUT2D eigenvalue weighted by molar-refractivity contribution is 0.201. The first-order valence-electron chi connectivity index (χ1n) is 3.82. The maximum absolute atomic E-state index is 13.1. The SMILES string of the molecule is OC1CSCc2c(F)cccc21. The van der Waals surface area contributed by atoms with Gasteiger partial charge in [-0.15, -0.1) is 0 Å². The summed E-state index contributed by atoms with van der Waals surface area (Å²) >= 11 is 1.57. The summed E-state index contributed by atoms with van der Waals surface area (Å²) in [6.07, 6.45) is -0.491. The van der Waals surface area contributed by atoms with Crippen LogP contribution in [0.4, 0.5) is 4.39 Å². The number of aliphatic hydroxyl groups excluding tert-OH is 1. The van der Waals surface area contributed by atoms with Crippen molar-refractivity contribution in [2.24, 2.45) is 0 Å². The summed E-state index contributed by atoms with van der Waals surface area (Å²) in [7, 11) is 0. The van der Waals surface area contributed by atoms with Gasteiger partial charge in [0, 0.05) is 17.1 Å². The molecule has 0 saturated heterocycles. The Morgan fingerprint density at radius 1 is 1.50 bits per heavy atom. The fourth-order valence-electron chi connectivity index (χ4n) is 1.40. The standard InChI is InChI=1S/C9H9FOS/c10-8-3-1-2-6-7(8)4-12-5-9(6)11/h1-3,9,11H,4-5H2. The van der Waals surface area contributed by atoms with Crippen molar-refractivity contribution in [1.82, 2.24) is 0 Å². The molecule has 1 aromatic carbocycles. The van der Waals surface area contributed by atoms with Gasteiger partial charge >= 0.3 is 0 Å². The van der Waals surface area contributed by atoms with E-state index in [2.05, 4.69) is 0 Å². The molecule has 0 radical (unpaired) electrons. The average molecular weight is 184 g/mol. The third-order valence-electron chi connectivity index (χ3n) is 2.04. The molecule has 1 aromatic rings. The molecule has 1 unspecified atom stereocenters. The van der Waals surface area contributed by atoms with Crippen LogP contribution in [0.1, 0.15) is 17.2 Å². The molecule has 1 aliphatic heterocycles. The molecule has 0 amide bonds. The van der Waals surface area contributed by atoms with Crippen molar-refractivity contribution in [2.45, 2.75) is 11.9 Å². The Hall–Kier alpha value is -0.540. The summed E-state index contributed by atoms with van der Waals surface area (Å²) in [5.74, 6) is 1.16. The summed E-state index contributed by atoms with van der Waals surface area (Å²) in [6, 6.07) is 4.88. The van der Waals surface area contributed by atoms with Gasteiger partial charge in [0.15, 0.2) is 0 Å². The van der Waals surface area contributed by atoms with Gasteiger partial charge in [-0.25, -0.2) is 4.39 Å². The van der Waals surface area contributed by atoms with E-state index in [1.807, 2.05) is 0 Å². The van der Waals surface area contributed by atoms with Crippen molar-refractivity contribution >= 4 is 11.8 Å². The third-order valence-corrected chi connectivity index (χ3v) is 3.08. The minimum absolute atomic E-state index is 0.196. The lowest BCUT2D eigenvalue weighted by Gasteiger charge is -2.20. The number of benzene rings is 1. The van der Waals surface area contributed by atoms with Crippen LogP contribution in [0, 0.1) is 5.82 Å². The van der Waals surface area contributed by atoms with E-state index in [9.17, 15) is 9.50 Å². The van der Waals surface area contributed by atoms with Crippen molar-refractivity contribution in [3.8, 4) is 0 Å². The summed E-state index contributed by atoms with van der Waals surface area (Å²) in [5.41, 5.74) is 1.43. The summed E-state index contributed by atoms with van der Waals surface area (Å²) in [5, 5.41) is 9.50. The zero-order chi connectivity index (χ0) is 8.55. The van der Waals surface area contributed by atoms with Crippen LogP contribution in [-0.2, 0) is 5.75 Å². The molecular weight excluding hydrogens is 175 g/mol. The largest absolute Gasteiger partial charge is 0.388 e. The van der Waals surface area contributed by atoms with Crippen LogP contribution in [-0.4, -0.2) is 10.9 Å². The molecule has 1 aliphatic rings. The van der Waals surface area contributed by atoms with Crippen LogP contribution in [0.25, 0.3) is 0 Å². The predicted octanol–water partition coefficient (Wildman–Crippen LogP) is 2.11. The van der Waals surface area contributed by atoms with Crippen LogP contribution in [0.5, 0.6) is 0 Å². The number of aliphatic hydroxyl groups is 1. The highest BCUT2D eigenvalue weighted by Gasteiger charge is 2.20. The molecule has 64 valence electrons. The van der Waals surface area contributed by atoms with Crippen LogP contribution in [0.15, 0.2) is 18.2 Å². The molecule has 1 atom stereocenters. The molecule has 3 heteroatoms. The van der Waals surface area contributed by atoms with Crippen molar-refractivity contribution < 1.29 is 9.50 Å². The number of fused-ring (bicyclic) bond motifs is 1. The van der Waals surface area contributed by atoms with Crippen molar-refractivity contribution in [2.75, 3.05) is 5.75 Å². The Labute approximate surface area is 74.6 Å². The quantitative estimate of drug-likeness (QED) is 0.666. The van der Waals surface area contributed by atoms with E-state index in [1.54, 1.807) is 23.9 Å². The maximum Gasteiger partial charge on any atom is 0.127 e. The Bertz CT molecular complexity index is 301. The maximum atomic E-state index is 13.1. The minimum Gasteiger partial charge on any atom is -0.388 e. The molecule has 1 N–H and O–H groups in total. The highest BCUT2D eigenvalue weighted by atomic mass is 32.2. The van der Waals surface area contributed by atoms with Crippen molar-refractivity contribution in [1.29, 1.82) is 0 Å². The number of thioether (sulfide) groups is 1. The van der Waals surface area contributed by atoms with E-state index in [4.69, 9.17) is 0 Å². The summed E-state index contributed by atoms with van der Waals surface area (Å²) in [4.78, 5) is 0. The van der Waals surface area contributed by atoms with E-state index in [0.717, 1.165) is 5.56 Å². The zero-order valence-electron chi connectivity index (χ0n) is 6.46. The van der Waals surface area contributed by atoms with Crippen LogP contribution in [0.2, 0.25) is 0 Å². The first kappa shape index (κ1) is 8.08. The van der Waals surface area contributed by atoms with Gasteiger partial charge in [-0.1, -0.05) is 12.1 Å². The Kier molecular flexibility index (Phi) is 2.07. The molecule has 0 saturated carbocycles. The predicted molar refractivity (Wildman–Crippen MR) is 47.5 cm³/mol. The van der Waals surface area contributed by atoms with Gasteiger partial charge in [-0.2, -0.15) is 11.8 Å². The van der Waals surface area contributed by atoms with Gasteiger partial charge < -0.3 is 5.11 Å². The molecule has 0 aliphatic carbocycles. The van der Waals surface area contributed by atoms with Gasteiger partial charge in [0.2, 0.25) is 0 Å². The van der Waals surface area contributed by atoms with E-state index < -0.39 is 6.10 Å². The topological polar surface area (TPSA) is 20.2 Å². The van der Waals surface area contributed by atoms with Crippen LogP contribution in [0.3, 0.4) is 0 Å². The normalized spacial score (nSPS) is 22.0. The third kappa shape index (κ3) is 1.23. The van der Waals surface area contributed by atoms with Gasteiger partial charge in [0.25, 0.3) is 0 Å². The fourth-order valence-corrected chi connectivity index (χ4v) is 2.43. The minimum atomic E-state index is -0.491. The molecule has 0 spiro atoms. The Morgan fingerprint density at radius 2 is 2.33 bits per heavy atom. The molecule has 0 fully saturated rings. The highest BCUT2D eigenvalue weighted by molar-refractivity contribution is 7.98. The molecule has 1 nitrogen and oxygen atoms in total. The van der Waals surface area contributed by atoms with Gasteiger partial charge in [-0.05, 0) is 11.6 Å². The van der Waals surface area contributed by atoms with Crippen LogP contribution >= 0.6 is 11.8 Å². The second-order valence-electron chi connectivity index (χ2n) is 2.84. The molecule has 2 rings (SSSR count). The summed E-state index contributed by atoms with van der Waals surface area (Å²) < 4.78 is 13.1. The van der Waals surface area contributed by atoms with E-state index in [0.29, 0.717) is 17.1 Å². The smallest absolute Gasteiger partial charge is 0.127 e. The fraction of sp³-hybridized carbons (Fsp3) is 0.333. The molecule has 0 aromatic heterocycles. The lowest BCUT2D eigenvalue weighted by atomic mass is 10.0. The number of rotatable bonds is 0. The Morgan fingerprint density at radius 3 is 3.08 bits per heavy atom. The van der Waals surface area contributed by atoms with Crippen LogP contribution < -0.4 is 0 Å². The number of hydrogen-bond donors (Lipinski definition) is 1. The van der Waals surface area contributed by atoms with E-state index in [-0.39, 0.29) is 5.82 Å². The monoisotopic (exact) mass is 184 g/mol. The van der Waals surface area contributed by atoms with E-state index >= 15 is 0 Å². The number of hydrogen-bond acceptors (Lipinski definition) is 2. The lowest BCUT2D eigenvalue weighted by Crippen LogP contribution is -2.11. The zero-order valence-corrected chi connectivity index (χ0v) is 7.27. The van der Waals surface area contributed by atoms with E-state index in [1.165, 1.54) is 6.07 Å². The van der Waals surface area contributed by atoms with Gasteiger partial charge in [0.1, 0.15) is 5.82 Å². The Balaban J connectivity index is 2.52. The first-order chi connectivity index (χ1) is 5.79. The van der Waals surface area contributed by atoms with Crippen molar-refractivity contribution in [3.05, 3.63) is 35.1 Å². The molecule has 1 heterocycles. The summed E-state index contributed by atoms with van der Waals surface area (Å²) in [6.45, 7) is 0. The second kappa shape index (κ2) is 3.07. The van der Waals surface area contributed by atoms with Gasteiger partial charge in [0.05, 0.1) is 6.10 Å². The first-order valence-corrected chi connectivity index (χ1v) is 4.97. The molecule has 0 bridgehead atoms. The second-order valence-corrected chi connectivity index (χ2v) is 3.87.